The lowest BCUT2D eigenvalue weighted by molar-refractivity contribution is -0.133. The zero-order valence-electron chi connectivity index (χ0n) is 39.0. The van der Waals surface area contributed by atoms with Crippen molar-refractivity contribution in [1.29, 1.82) is 0 Å². The third kappa shape index (κ3) is 10.1. The lowest BCUT2D eigenvalue weighted by Crippen LogP contribution is -2.51. The number of nitrogens with zero attached hydrogens (tertiary/aromatic N) is 1. The number of ketones is 2. The number of Topliss-reactive ketones (excluding diaryl/α,β-unsaturated/α-hetero) is 2. The van der Waals surface area contributed by atoms with Gasteiger partial charge in [-0.2, -0.15) is 0 Å². The largest absolute Gasteiger partial charge is 0.390 e. The van der Waals surface area contributed by atoms with Crippen LogP contribution in [0.25, 0.3) is 0 Å². The van der Waals surface area contributed by atoms with Crippen LogP contribution in [0, 0.1) is 81.8 Å². The van der Waals surface area contributed by atoms with Gasteiger partial charge in [0.05, 0.1) is 36.3 Å². The Morgan fingerprint density at radius 1 is 0.574 bits per heavy atom. The lowest BCUT2D eigenvalue weighted by Gasteiger charge is -2.56. The molecule has 16 atom stereocenters. The fourth-order valence-corrected chi connectivity index (χ4v) is 17.7. The number of halogens is 1. The molecule has 0 aromatic carbocycles. The SMILES string of the molecule is C1CNCCOC1.C[C@@]1(O)CC[C@H]2[C@H](CC[C@@H]3[C@@H]2CC[C@]2(C)[C@@H](C(=O)CBr)CC[C@@H]32)C1.C[C@@]1(O)CC[C@H]2[C@H](CC[C@@H]3[C@@H]2CC[C@]2(C)[C@@H](C(=O)CN4CCCOCC4)CC[C@@H]32)C1. The molecule has 61 heavy (non-hydrogen) atoms. The second-order valence-corrected chi connectivity index (χ2v) is 24.3. The fraction of sp³-hybridized carbons (Fsp3) is 0.962. The third-order valence-corrected chi connectivity index (χ3v) is 20.7. The summed E-state index contributed by atoms with van der Waals surface area (Å²) in [6, 6.07) is 0. The predicted molar refractivity (Wildman–Crippen MR) is 246 cm³/mol. The summed E-state index contributed by atoms with van der Waals surface area (Å²) < 4.78 is 10.7. The predicted octanol–water partition coefficient (Wildman–Crippen LogP) is 9.26. The number of nitrogens with one attached hydrogen (secondary N) is 1. The van der Waals surface area contributed by atoms with Crippen molar-refractivity contribution < 1.29 is 29.3 Å². The van der Waals surface area contributed by atoms with Crippen LogP contribution in [0.15, 0.2) is 0 Å². The molecule has 2 saturated heterocycles. The van der Waals surface area contributed by atoms with Gasteiger partial charge in [0.25, 0.3) is 0 Å². The van der Waals surface area contributed by atoms with Gasteiger partial charge in [-0.05, 0) is 219 Å². The highest BCUT2D eigenvalue weighted by Crippen LogP contribution is 2.66. The molecular weight excluding hydrogens is 828 g/mol. The number of alkyl halides is 1. The number of rotatable bonds is 5. The summed E-state index contributed by atoms with van der Waals surface area (Å²) in [7, 11) is 0. The molecule has 8 saturated carbocycles. The quantitative estimate of drug-likeness (QED) is 0.235. The van der Waals surface area contributed by atoms with Crippen LogP contribution in [-0.4, -0.2) is 102 Å². The molecule has 0 amide bonds. The lowest BCUT2D eigenvalue weighted by atomic mass is 9.49. The van der Waals surface area contributed by atoms with Crippen LogP contribution in [-0.2, 0) is 19.1 Å². The summed E-state index contributed by atoms with van der Waals surface area (Å²) in [6.07, 6.45) is 23.9. The maximum absolute atomic E-state index is 13.4. The average Bonchev–Trinajstić information content (AvgIpc) is 3.45. The van der Waals surface area contributed by atoms with Crippen molar-refractivity contribution in [1.82, 2.24) is 10.2 Å². The van der Waals surface area contributed by atoms with Gasteiger partial charge in [-0.1, -0.05) is 29.8 Å². The van der Waals surface area contributed by atoms with E-state index in [1.165, 1.54) is 83.5 Å². The number of hydrogen-bond donors (Lipinski definition) is 3. The maximum Gasteiger partial charge on any atom is 0.150 e. The molecule has 10 rings (SSSR count). The van der Waals surface area contributed by atoms with E-state index in [9.17, 15) is 19.8 Å². The van der Waals surface area contributed by atoms with E-state index < -0.39 is 11.2 Å². The number of carbonyl (C=O) groups excluding carboxylic acids is 2. The molecule has 10 aliphatic rings. The highest BCUT2D eigenvalue weighted by atomic mass is 79.9. The Morgan fingerprint density at radius 2 is 1.10 bits per heavy atom. The Morgan fingerprint density at radius 3 is 1.67 bits per heavy atom. The van der Waals surface area contributed by atoms with Gasteiger partial charge >= 0.3 is 0 Å². The first-order valence-electron chi connectivity index (χ1n) is 25.9. The molecule has 8 aliphatic carbocycles. The Labute approximate surface area is 379 Å². The van der Waals surface area contributed by atoms with Gasteiger partial charge < -0.3 is 25.0 Å². The van der Waals surface area contributed by atoms with Gasteiger partial charge in [0, 0.05) is 44.7 Å². The molecule has 348 valence electrons. The highest BCUT2D eigenvalue weighted by Gasteiger charge is 2.60. The van der Waals surface area contributed by atoms with Gasteiger partial charge in [-0.3, -0.25) is 14.5 Å². The molecule has 8 nitrogen and oxygen atoms in total. The molecule has 2 heterocycles. The number of ether oxygens (including phenoxy) is 2. The van der Waals surface area contributed by atoms with Crippen LogP contribution in [0.1, 0.15) is 156 Å². The molecule has 2 aliphatic heterocycles. The summed E-state index contributed by atoms with van der Waals surface area (Å²) in [6.45, 7) is 17.2. The van der Waals surface area contributed by atoms with E-state index in [-0.39, 0.29) is 16.7 Å². The van der Waals surface area contributed by atoms with Crippen LogP contribution >= 0.6 is 15.9 Å². The number of aliphatic hydroxyl groups is 2. The monoisotopic (exact) mass is 915 g/mol. The normalized spacial score (nSPS) is 48.3. The summed E-state index contributed by atoms with van der Waals surface area (Å²) in [4.78, 5) is 28.2. The Bertz CT molecular complexity index is 1460. The molecule has 0 spiro atoms. The van der Waals surface area contributed by atoms with Gasteiger partial charge in [0.15, 0.2) is 0 Å². The molecule has 0 radical (unpaired) electrons. The average molecular weight is 916 g/mol. The molecule has 10 fully saturated rings. The van der Waals surface area contributed by atoms with Crippen LogP contribution in [0.3, 0.4) is 0 Å². The first-order chi connectivity index (χ1) is 29.2. The van der Waals surface area contributed by atoms with Gasteiger partial charge in [0.1, 0.15) is 11.6 Å². The molecule has 0 unspecified atom stereocenters. The van der Waals surface area contributed by atoms with Crippen LogP contribution in [0.4, 0.5) is 0 Å². The summed E-state index contributed by atoms with van der Waals surface area (Å²) >= 11 is 3.42. The van der Waals surface area contributed by atoms with Crippen LogP contribution < -0.4 is 5.32 Å². The minimum atomic E-state index is -0.430. The van der Waals surface area contributed by atoms with Gasteiger partial charge in [-0.15, -0.1) is 0 Å². The molecular formula is C52H87BrN2O6. The smallest absolute Gasteiger partial charge is 0.150 e. The van der Waals surface area contributed by atoms with Crippen molar-refractivity contribution in [3.05, 3.63) is 0 Å². The second-order valence-electron chi connectivity index (χ2n) is 23.7. The summed E-state index contributed by atoms with van der Waals surface area (Å²) in [5, 5.41) is 24.8. The fourth-order valence-electron chi connectivity index (χ4n) is 17.3. The molecule has 0 aromatic heterocycles. The van der Waals surface area contributed by atoms with E-state index in [4.69, 9.17) is 9.47 Å². The first-order valence-corrected chi connectivity index (χ1v) is 27.0. The van der Waals surface area contributed by atoms with Crippen molar-refractivity contribution in [2.24, 2.45) is 81.8 Å². The number of carbonyl (C=O) groups is 2. The first kappa shape index (κ1) is 47.1. The minimum Gasteiger partial charge on any atom is -0.390 e. The van der Waals surface area contributed by atoms with Crippen molar-refractivity contribution in [2.75, 3.05) is 64.5 Å². The van der Waals surface area contributed by atoms with E-state index in [0.29, 0.717) is 29.4 Å². The topological polar surface area (TPSA) is 108 Å². The molecule has 0 bridgehead atoms. The van der Waals surface area contributed by atoms with Crippen molar-refractivity contribution in [2.45, 2.75) is 167 Å². The summed E-state index contributed by atoms with van der Waals surface area (Å²) in [5.74, 6) is 9.63. The van der Waals surface area contributed by atoms with Crippen LogP contribution in [0.5, 0.6) is 0 Å². The third-order valence-electron chi connectivity index (χ3n) is 20.1. The Hall–Kier alpha value is -0.420. The van der Waals surface area contributed by atoms with E-state index in [0.717, 1.165) is 157 Å². The van der Waals surface area contributed by atoms with Crippen LogP contribution in [0.2, 0.25) is 0 Å². The molecule has 9 heteroatoms. The maximum atomic E-state index is 13.4. The van der Waals surface area contributed by atoms with Gasteiger partial charge in [-0.25, -0.2) is 0 Å². The zero-order valence-corrected chi connectivity index (χ0v) is 40.6. The summed E-state index contributed by atoms with van der Waals surface area (Å²) in [5.41, 5.74) is -0.356. The number of fused-ring (bicyclic) bond motifs is 10. The Kier molecular flexibility index (Phi) is 15.3. The standard InChI is InChI=1S/C26H43NO3.C21H33BrO2.C5H11NO/c1-25(29)10-8-19-18(16-25)4-5-21-20(19)9-11-26(2)22(21)6-7-23(26)24(28)17-27-12-3-14-30-15-13-27;1-20(24)9-7-14-13(11-20)3-4-16-15(14)8-10-21(2)17(16)5-6-18(21)19(23)12-22;1-2-6-3-5-7-4-1/h18-23,29H,3-17H2,1-2H3;13-18,24H,3-12H2,1-2H3;6H,1-5H2/t18-,19+,20-,21-,22+,23-,25-,26+;13-,14+,15-,16-,17+,18-,20-,21+;/m11./s1. The van der Waals surface area contributed by atoms with E-state index >= 15 is 0 Å². The minimum absolute atomic E-state index is 0.230. The Balaban J connectivity index is 0.000000148. The van der Waals surface area contributed by atoms with Crippen molar-refractivity contribution in [3.63, 3.8) is 0 Å². The van der Waals surface area contributed by atoms with Crippen molar-refractivity contribution >= 4 is 27.5 Å². The highest BCUT2D eigenvalue weighted by molar-refractivity contribution is 9.09. The van der Waals surface area contributed by atoms with Gasteiger partial charge in [0.2, 0.25) is 0 Å². The molecule has 0 aromatic rings. The molecule has 3 N–H and O–H groups in total. The second kappa shape index (κ2) is 19.8. The van der Waals surface area contributed by atoms with E-state index in [1.807, 2.05) is 6.92 Å². The van der Waals surface area contributed by atoms with Crippen molar-refractivity contribution in [3.8, 4) is 0 Å². The van der Waals surface area contributed by atoms with E-state index in [1.54, 1.807) is 0 Å². The number of hydrogen-bond acceptors (Lipinski definition) is 8. The zero-order chi connectivity index (χ0) is 43.0. The van der Waals surface area contributed by atoms with E-state index in [2.05, 4.69) is 46.9 Å².